The van der Waals surface area contributed by atoms with Crippen molar-refractivity contribution in [2.75, 3.05) is 33.3 Å². The van der Waals surface area contributed by atoms with E-state index in [1.807, 2.05) is 60.7 Å². The van der Waals surface area contributed by atoms with Gasteiger partial charge in [-0.25, -0.2) is 4.98 Å². The molecule has 1 aliphatic rings. The Morgan fingerprint density at radius 3 is 2.50 bits per heavy atom. The van der Waals surface area contributed by atoms with Gasteiger partial charge in [-0.3, -0.25) is 4.79 Å². The Morgan fingerprint density at radius 1 is 1.10 bits per heavy atom. The van der Waals surface area contributed by atoms with Gasteiger partial charge in [0.25, 0.3) is 0 Å². The second-order valence-corrected chi connectivity index (χ2v) is 7.58. The first kappa shape index (κ1) is 20.3. The number of aromatic nitrogens is 1. The summed E-state index contributed by atoms with van der Waals surface area (Å²) in [5, 5.41) is 2.97. The van der Waals surface area contributed by atoms with Crippen molar-refractivity contribution in [3.63, 3.8) is 0 Å². The molecule has 4 rings (SSSR count). The molecule has 6 nitrogen and oxygen atoms in total. The van der Waals surface area contributed by atoms with Crippen molar-refractivity contribution in [3.05, 3.63) is 66.6 Å². The lowest BCUT2D eigenvalue weighted by Gasteiger charge is -2.30. The molecule has 6 heteroatoms. The maximum Gasteiger partial charge on any atom is 0.220 e. The van der Waals surface area contributed by atoms with Crippen LogP contribution in [-0.2, 0) is 16.0 Å². The lowest BCUT2D eigenvalue weighted by molar-refractivity contribution is -0.122. The van der Waals surface area contributed by atoms with Crippen LogP contribution in [0.25, 0.3) is 22.6 Å². The molecule has 0 aliphatic carbocycles. The summed E-state index contributed by atoms with van der Waals surface area (Å²) in [5.41, 5.74) is 2.77. The van der Waals surface area contributed by atoms with E-state index >= 15 is 0 Å². The highest BCUT2D eigenvalue weighted by atomic mass is 16.5. The highest BCUT2D eigenvalue weighted by Gasteiger charge is 2.20. The molecular weight excluding hydrogens is 378 g/mol. The SMILES string of the molecule is CN1CCOC(CNC(=O)CCc2nc(-c3ccccc3)c(-c3ccccc3)o2)C1. The van der Waals surface area contributed by atoms with Crippen LogP contribution in [0.15, 0.2) is 65.1 Å². The Bertz CT molecular complexity index is 899. The number of nitrogens with zero attached hydrogens (tertiary/aromatic N) is 2. The molecule has 2 heterocycles. The number of amides is 1. The first-order valence-electron chi connectivity index (χ1n) is 10.4. The zero-order valence-electron chi connectivity index (χ0n) is 17.2. The normalized spacial score (nSPS) is 17.0. The monoisotopic (exact) mass is 405 g/mol. The third-order valence-corrected chi connectivity index (χ3v) is 5.19. The van der Waals surface area contributed by atoms with Crippen LogP contribution in [0.4, 0.5) is 0 Å². The van der Waals surface area contributed by atoms with Crippen molar-refractivity contribution in [2.45, 2.75) is 18.9 Å². The van der Waals surface area contributed by atoms with Crippen molar-refractivity contribution in [3.8, 4) is 22.6 Å². The number of oxazole rings is 1. The van der Waals surface area contributed by atoms with E-state index in [2.05, 4.69) is 17.3 Å². The zero-order chi connectivity index (χ0) is 20.8. The molecule has 3 aromatic rings. The van der Waals surface area contributed by atoms with E-state index in [-0.39, 0.29) is 12.0 Å². The largest absolute Gasteiger partial charge is 0.440 e. The Kier molecular flexibility index (Phi) is 6.57. The van der Waals surface area contributed by atoms with Crippen LogP contribution in [0.5, 0.6) is 0 Å². The molecule has 0 saturated carbocycles. The van der Waals surface area contributed by atoms with Crippen LogP contribution < -0.4 is 5.32 Å². The number of ether oxygens (including phenoxy) is 1. The third kappa shape index (κ3) is 5.14. The minimum absolute atomic E-state index is 0.0208. The number of nitrogens with one attached hydrogen (secondary N) is 1. The van der Waals surface area contributed by atoms with E-state index in [9.17, 15) is 4.79 Å². The summed E-state index contributed by atoms with van der Waals surface area (Å²) in [6, 6.07) is 19.9. The summed E-state index contributed by atoms with van der Waals surface area (Å²) in [6.45, 7) is 3.00. The molecule has 1 amide bonds. The second-order valence-electron chi connectivity index (χ2n) is 7.58. The van der Waals surface area contributed by atoms with Crippen LogP contribution in [0.1, 0.15) is 12.3 Å². The molecule has 1 aliphatic heterocycles. The number of aryl methyl sites for hydroxylation is 1. The molecule has 2 aromatic carbocycles. The molecule has 0 radical (unpaired) electrons. The molecule has 0 bridgehead atoms. The number of likely N-dealkylation sites (N-methyl/N-ethyl adjacent to an activating group) is 1. The van der Waals surface area contributed by atoms with Crippen LogP contribution in [0.2, 0.25) is 0 Å². The van der Waals surface area contributed by atoms with Crippen LogP contribution in [-0.4, -0.2) is 55.2 Å². The Hall–Kier alpha value is -2.96. The maximum atomic E-state index is 12.3. The topological polar surface area (TPSA) is 67.6 Å². The minimum atomic E-state index is -0.0208. The number of carbonyl (C=O) groups excluding carboxylic acids is 1. The lowest BCUT2D eigenvalue weighted by Crippen LogP contribution is -2.45. The van der Waals surface area contributed by atoms with Crippen molar-refractivity contribution >= 4 is 5.91 Å². The zero-order valence-corrected chi connectivity index (χ0v) is 17.2. The highest BCUT2D eigenvalue weighted by molar-refractivity contribution is 5.77. The van der Waals surface area contributed by atoms with Gasteiger partial charge in [-0.15, -0.1) is 0 Å². The van der Waals surface area contributed by atoms with Gasteiger partial charge in [-0.05, 0) is 7.05 Å². The number of hydrogen-bond donors (Lipinski definition) is 1. The van der Waals surface area contributed by atoms with Gasteiger partial charge >= 0.3 is 0 Å². The average molecular weight is 405 g/mol. The van der Waals surface area contributed by atoms with E-state index in [1.54, 1.807) is 0 Å². The molecule has 1 fully saturated rings. The number of benzene rings is 2. The third-order valence-electron chi connectivity index (χ3n) is 5.19. The van der Waals surface area contributed by atoms with E-state index in [4.69, 9.17) is 14.1 Å². The number of hydrogen-bond acceptors (Lipinski definition) is 5. The fraction of sp³-hybridized carbons (Fsp3) is 0.333. The quantitative estimate of drug-likeness (QED) is 0.653. The Morgan fingerprint density at radius 2 is 1.80 bits per heavy atom. The average Bonchev–Trinajstić information content (AvgIpc) is 3.22. The van der Waals surface area contributed by atoms with Gasteiger partial charge in [0, 0.05) is 43.6 Å². The Balaban J connectivity index is 1.42. The van der Waals surface area contributed by atoms with Gasteiger partial charge in [-0.2, -0.15) is 0 Å². The van der Waals surface area contributed by atoms with Gasteiger partial charge < -0.3 is 19.4 Å². The van der Waals surface area contributed by atoms with Gasteiger partial charge in [0.05, 0.1) is 12.7 Å². The van der Waals surface area contributed by atoms with E-state index in [0.717, 1.165) is 35.7 Å². The fourth-order valence-corrected chi connectivity index (χ4v) is 3.58. The molecule has 156 valence electrons. The van der Waals surface area contributed by atoms with Crippen LogP contribution in [0, 0.1) is 0 Å². The molecule has 1 aromatic heterocycles. The predicted molar refractivity (Wildman–Crippen MR) is 116 cm³/mol. The summed E-state index contributed by atoms with van der Waals surface area (Å²) < 4.78 is 11.8. The van der Waals surface area contributed by atoms with Gasteiger partial charge in [0.2, 0.25) is 5.91 Å². The van der Waals surface area contributed by atoms with Gasteiger partial charge in [-0.1, -0.05) is 60.7 Å². The summed E-state index contributed by atoms with van der Waals surface area (Å²) >= 11 is 0. The maximum absolute atomic E-state index is 12.3. The van der Waals surface area contributed by atoms with E-state index in [0.29, 0.717) is 31.9 Å². The predicted octanol–water partition coefficient (Wildman–Crippen LogP) is 3.39. The number of rotatable bonds is 7. The summed E-state index contributed by atoms with van der Waals surface area (Å²) in [7, 11) is 2.06. The van der Waals surface area contributed by atoms with E-state index in [1.165, 1.54) is 0 Å². The molecule has 1 atom stereocenters. The van der Waals surface area contributed by atoms with E-state index < -0.39 is 0 Å². The van der Waals surface area contributed by atoms with Crippen LogP contribution in [0.3, 0.4) is 0 Å². The molecular formula is C24H27N3O3. The lowest BCUT2D eigenvalue weighted by atomic mass is 10.1. The number of carbonyl (C=O) groups is 1. The molecule has 30 heavy (non-hydrogen) atoms. The summed E-state index contributed by atoms with van der Waals surface area (Å²) in [6.07, 6.45) is 0.818. The fourth-order valence-electron chi connectivity index (χ4n) is 3.58. The second kappa shape index (κ2) is 9.69. The Labute approximate surface area is 176 Å². The first-order chi connectivity index (χ1) is 14.7. The molecule has 1 N–H and O–H groups in total. The van der Waals surface area contributed by atoms with Crippen molar-refractivity contribution in [1.82, 2.24) is 15.2 Å². The van der Waals surface area contributed by atoms with Crippen molar-refractivity contribution < 1.29 is 13.9 Å². The first-order valence-corrected chi connectivity index (χ1v) is 10.4. The van der Waals surface area contributed by atoms with Gasteiger partial charge in [0.1, 0.15) is 5.69 Å². The van der Waals surface area contributed by atoms with Crippen molar-refractivity contribution in [2.24, 2.45) is 0 Å². The molecule has 1 saturated heterocycles. The van der Waals surface area contributed by atoms with Crippen molar-refractivity contribution in [1.29, 1.82) is 0 Å². The highest BCUT2D eigenvalue weighted by Crippen LogP contribution is 2.32. The van der Waals surface area contributed by atoms with Crippen LogP contribution >= 0.6 is 0 Å². The van der Waals surface area contributed by atoms with Gasteiger partial charge in [0.15, 0.2) is 11.7 Å². The standard InChI is InChI=1S/C24H27N3O3/c1-27-14-15-29-20(17-27)16-25-21(28)12-13-22-26-23(18-8-4-2-5-9-18)24(30-22)19-10-6-3-7-11-19/h2-11,20H,12-17H2,1H3,(H,25,28). The summed E-state index contributed by atoms with van der Waals surface area (Å²) in [4.78, 5) is 19.2. The summed E-state index contributed by atoms with van der Waals surface area (Å²) in [5.74, 6) is 1.28. The smallest absolute Gasteiger partial charge is 0.220 e. The number of morpholine rings is 1. The molecule has 0 spiro atoms. The minimum Gasteiger partial charge on any atom is -0.440 e. The molecule has 1 unspecified atom stereocenters.